The molecule has 3 aromatic rings. The molecule has 1 heterocycles. The van der Waals surface area contributed by atoms with Crippen LogP contribution in [0.1, 0.15) is 30.1 Å². The minimum atomic E-state index is -4.55. The number of methoxy groups -OCH3 is 1. The molecule has 0 saturated heterocycles. The van der Waals surface area contributed by atoms with Crippen LogP contribution in [0.25, 0.3) is 5.69 Å². The molecule has 0 aliphatic heterocycles. The summed E-state index contributed by atoms with van der Waals surface area (Å²) in [5, 5.41) is 7.49. The SMILES string of the molecule is COCCOc1ccc(C(F)(F)F)cc1NC(=O)CSc1nc(C2CC2)n(-c2ccccc2)n1. The van der Waals surface area contributed by atoms with Gasteiger partial charge in [-0.15, -0.1) is 5.10 Å². The van der Waals surface area contributed by atoms with Crippen molar-refractivity contribution < 1.29 is 27.4 Å². The minimum Gasteiger partial charge on any atom is -0.489 e. The predicted octanol–water partition coefficient (Wildman–Crippen LogP) is 4.92. The van der Waals surface area contributed by atoms with Crippen molar-refractivity contribution in [1.29, 1.82) is 0 Å². The molecule has 1 aliphatic carbocycles. The molecule has 11 heteroatoms. The Morgan fingerprint density at radius 2 is 1.94 bits per heavy atom. The van der Waals surface area contributed by atoms with Gasteiger partial charge >= 0.3 is 6.18 Å². The lowest BCUT2D eigenvalue weighted by Crippen LogP contribution is -2.17. The number of ether oxygens (including phenoxy) is 2. The molecule has 1 N–H and O–H groups in total. The van der Waals surface area contributed by atoms with Crippen molar-refractivity contribution in [3.05, 3.63) is 59.9 Å². The van der Waals surface area contributed by atoms with Gasteiger partial charge in [-0.25, -0.2) is 9.67 Å². The molecule has 1 aliphatic rings. The second-order valence-electron chi connectivity index (χ2n) is 7.66. The van der Waals surface area contributed by atoms with E-state index in [9.17, 15) is 18.0 Å². The van der Waals surface area contributed by atoms with Crippen molar-refractivity contribution in [2.75, 3.05) is 31.4 Å². The van der Waals surface area contributed by atoms with Gasteiger partial charge in [0, 0.05) is 13.0 Å². The molecule has 180 valence electrons. The molecule has 0 atom stereocenters. The monoisotopic (exact) mass is 492 g/mol. The number of nitrogens with zero attached hydrogens (tertiary/aromatic N) is 3. The van der Waals surface area contributed by atoms with Crippen LogP contribution in [0.4, 0.5) is 18.9 Å². The van der Waals surface area contributed by atoms with Crippen LogP contribution in [0.2, 0.25) is 0 Å². The maximum Gasteiger partial charge on any atom is 0.416 e. The topological polar surface area (TPSA) is 78.3 Å². The number of nitrogens with one attached hydrogen (secondary N) is 1. The zero-order valence-corrected chi connectivity index (χ0v) is 19.2. The lowest BCUT2D eigenvalue weighted by atomic mass is 10.1. The zero-order valence-electron chi connectivity index (χ0n) is 18.3. The van der Waals surface area contributed by atoms with Gasteiger partial charge in [0.2, 0.25) is 11.1 Å². The quantitative estimate of drug-likeness (QED) is 0.320. The summed E-state index contributed by atoms with van der Waals surface area (Å²) in [6, 6.07) is 12.6. The van der Waals surface area contributed by atoms with E-state index in [-0.39, 0.29) is 30.4 Å². The fourth-order valence-corrected chi connectivity index (χ4v) is 3.84. The summed E-state index contributed by atoms with van der Waals surface area (Å²) in [5.74, 6) is 0.751. The second-order valence-corrected chi connectivity index (χ2v) is 8.60. The number of aromatic nitrogens is 3. The molecule has 1 amide bonds. The van der Waals surface area contributed by atoms with Gasteiger partial charge < -0.3 is 14.8 Å². The highest BCUT2D eigenvalue weighted by molar-refractivity contribution is 7.99. The molecule has 4 rings (SSSR count). The number of thioether (sulfide) groups is 1. The summed E-state index contributed by atoms with van der Waals surface area (Å²) >= 11 is 1.12. The number of anilines is 1. The molecule has 1 aromatic heterocycles. The highest BCUT2D eigenvalue weighted by atomic mass is 32.2. The largest absolute Gasteiger partial charge is 0.489 e. The number of benzene rings is 2. The Kier molecular flexibility index (Phi) is 7.42. The standard InChI is InChI=1S/C23H23F3N4O3S/c1-32-11-12-33-19-10-9-16(23(24,25)26)13-18(19)27-20(31)14-34-22-28-21(15-7-8-15)30(29-22)17-5-3-2-4-6-17/h2-6,9-10,13,15H,7-8,11-12,14H2,1H3,(H,27,31). The first-order valence-corrected chi connectivity index (χ1v) is 11.6. The van der Waals surface area contributed by atoms with Crippen LogP contribution in [0.5, 0.6) is 5.75 Å². The molecule has 1 fully saturated rings. The van der Waals surface area contributed by atoms with Crippen LogP contribution in [0.3, 0.4) is 0 Å². The van der Waals surface area contributed by atoms with E-state index in [1.54, 1.807) is 4.68 Å². The average molecular weight is 493 g/mol. The summed E-state index contributed by atoms with van der Waals surface area (Å²) in [4.78, 5) is 17.2. The molecule has 0 bridgehead atoms. The zero-order chi connectivity index (χ0) is 24.1. The Morgan fingerprint density at radius 3 is 2.62 bits per heavy atom. The Morgan fingerprint density at radius 1 is 1.18 bits per heavy atom. The summed E-state index contributed by atoms with van der Waals surface area (Å²) in [6.45, 7) is 0.383. The van der Waals surface area contributed by atoms with Gasteiger partial charge in [-0.1, -0.05) is 30.0 Å². The van der Waals surface area contributed by atoms with E-state index in [4.69, 9.17) is 9.47 Å². The van der Waals surface area contributed by atoms with E-state index in [0.29, 0.717) is 11.1 Å². The molecule has 0 unspecified atom stereocenters. The Labute approximate surface area is 198 Å². The fourth-order valence-electron chi connectivity index (χ4n) is 3.21. The first kappa shape index (κ1) is 24.1. The smallest absolute Gasteiger partial charge is 0.416 e. The summed E-state index contributed by atoms with van der Waals surface area (Å²) in [5.41, 5.74) is -0.0557. The molecule has 0 radical (unpaired) electrons. The van der Waals surface area contributed by atoms with Crippen LogP contribution < -0.4 is 10.1 Å². The third kappa shape index (κ3) is 6.09. The third-order valence-electron chi connectivity index (χ3n) is 5.01. The first-order valence-electron chi connectivity index (χ1n) is 10.6. The minimum absolute atomic E-state index is 0.0574. The lowest BCUT2D eigenvalue weighted by molar-refractivity contribution is -0.137. The molecular weight excluding hydrogens is 469 g/mol. The van der Waals surface area contributed by atoms with Crippen molar-refractivity contribution in [1.82, 2.24) is 14.8 Å². The van der Waals surface area contributed by atoms with Gasteiger partial charge in [0.25, 0.3) is 0 Å². The Balaban J connectivity index is 1.46. The molecule has 7 nitrogen and oxygen atoms in total. The predicted molar refractivity (Wildman–Crippen MR) is 122 cm³/mol. The van der Waals surface area contributed by atoms with Crippen LogP contribution >= 0.6 is 11.8 Å². The average Bonchev–Trinajstić information content (AvgIpc) is 3.57. The van der Waals surface area contributed by atoms with E-state index in [2.05, 4.69) is 15.4 Å². The maximum absolute atomic E-state index is 13.2. The summed E-state index contributed by atoms with van der Waals surface area (Å²) in [6.07, 6.45) is -2.47. The Bertz CT molecular complexity index is 1130. The van der Waals surface area contributed by atoms with Crippen LogP contribution in [-0.4, -0.2) is 46.7 Å². The fraction of sp³-hybridized carbons (Fsp3) is 0.348. The first-order chi connectivity index (χ1) is 16.3. The lowest BCUT2D eigenvalue weighted by Gasteiger charge is -2.15. The molecule has 34 heavy (non-hydrogen) atoms. The number of para-hydroxylation sites is 1. The van der Waals surface area contributed by atoms with Crippen LogP contribution in [-0.2, 0) is 15.7 Å². The normalized spacial score (nSPS) is 13.6. The van der Waals surface area contributed by atoms with Crippen molar-refractivity contribution >= 4 is 23.4 Å². The van der Waals surface area contributed by atoms with Crippen molar-refractivity contribution in [2.24, 2.45) is 0 Å². The molecule has 1 saturated carbocycles. The van der Waals surface area contributed by atoms with E-state index in [1.807, 2.05) is 30.3 Å². The highest BCUT2D eigenvalue weighted by Crippen LogP contribution is 2.40. The van der Waals surface area contributed by atoms with E-state index in [0.717, 1.165) is 48.2 Å². The van der Waals surface area contributed by atoms with Gasteiger partial charge in [-0.3, -0.25) is 4.79 Å². The van der Waals surface area contributed by atoms with Crippen LogP contribution in [0, 0.1) is 0 Å². The molecule has 0 spiro atoms. The van der Waals surface area contributed by atoms with Crippen molar-refractivity contribution in [3.8, 4) is 11.4 Å². The van der Waals surface area contributed by atoms with Crippen molar-refractivity contribution in [2.45, 2.75) is 30.1 Å². The number of hydrogen-bond donors (Lipinski definition) is 1. The van der Waals surface area contributed by atoms with E-state index in [1.165, 1.54) is 13.2 Å². The number of hydrogen-bond acceptors (Lipinski definition) is 6. The molecular formula is C23H23F3N4O3S. The number of carbonyl (C=O) groups excluding carboxylic acids is 1. The number of rotatable bonds is 10. The maximum atomic E-state index is 13.2. The Hall–Kier alpha value is -3.05. The number of amides is 1. The second kappa shape index (κ2) is 10.5. The highest BCUT2D eigenvalue weighted by Gasteiger charge is 2.32. The van der Waals surface area contributed by atoms with Gasteiger partial charge in [-0.05, 0) is 43.2 Å². The van der Waals surface area contributed by atoms with Gasteiger partial charge in [0.15, 0.2) is 0 Å². The van der Waals surface area contributed by atoms with Gasteiger partial charge in [0.1, 0.15) is 18.2 Å². The van der Waals surface area contributed by atoms with Gasteiger partial charge in [0.05, 0.1) is 29.3 Å². The summed E-state index contributed by atoms with van der Waals surface area (Å²) in [7, 11) is 1.48. The number of halogens is 3. The number of carbonyl (C=O) groups is 1. The molecule has 2 aromatic carbocycles. The third-order valence-corrected chi connectivity index (χ3v) is 5.85. The van der Waals surface area contributed by atoms with Crippen molar-refractivity contribution in [3.63, 3.8) is 0 Å². The van der Waals surface area contributed by atoms with Gasteiger partial charge in [-0.2, -0.15) is 13.2 Å². The van der Waals surface area contributed by atoms with E-state index < -0.39 is 17.6 Å². The van der Waals surface area contributed by atoms with Crippen LogP contribution in [0.15, 0.2) is 53.7 Å². The number of alkyl halides is 3. The van der Waals surface area contributed by atoms with E-state index >= 15 is 0 Å². The summed E-state index contributed by atoms with van der Waals surface area (Å²) < 4.78 is 51.7.